The molecule has 1 amide bonds. The predicted molar refractivity (Wildman–Crippen MR) is 131 cm³/mol. The third-order valence-electron chi connectivity index (χ3n) is 5.68. The minimum atomic E-state index is -0.953. The molecule has 4 aromatic rings. The zero-order chi connectivity index (χ0) is 23.7. The predicted octanol–water partition coefficient (Wildman–Crippen LogP) is 5.28. The summed E-state index contributed by atoms with van der Waals surface area (Å²) in [5.41, 5.74) is 2.53. The first-order valence-electron chi connectivity index (χ1n) is 11.0. The largest absolute Gasteiger partial charge is 0.489 e. The van der Waals surface area contributed by atoms with Crippen LogP contribution in [0.15, 0.2) is 100 Å². The monoisotopic (exact) mass is 453 g/mol. The molecule has 0 aliphatic carbocycles. The molecule has 3 aromatic carbocycles. The highest BCUT2D eigenvalue weighted by molar-refractivity contribution is 5.97. The number of benzene rings is 3. The van der Waals surface area contributed by atoms with Gasteiger partial charge >= 0.3 is 5.63 Å². The van der Waals surface area contributed by atoms with Crippen LogP contribution in [0.3, 0.4) is 0 Å². The van der Waals surface area contributed by atoms with E-state index in [1.807, 2.05) is 61.5 Å². The third kappa shape index (κ3) is 4.06. The molecule has 170 valence electrons. The molecule has 0 fully saturated rings. The SMILES string of the molecule is C=C(C)COc1ccc([C@@H]2c3c(c4ccccc4oc3=O)O[C@@H]2C(=O)Nc2ccccc2)cc1. The second-order valence-electron chi connectivity index (χ2n) is 8.31. The average Bonchev–Trinajstić information content (AvgIpc) is 3.26. The average molecular weight is 453 g/mol. The van der Waals surface area contributed by atoms with Crippen molar-refractivity contribution in [2.45, 2.75) is 18.9 Å². The normalized spacial score (nSPS) is 16.5. The lowest BCUT2D eigenvalue weighted by atomic mass is 9.88. The summed E-state index contributed by atoms with van der Waals surface area (Å²) in [7, 11) is 0. The van der Waals surface area contributed by atoms with Gasteiger partial charge in [-0.1, -0.05) is 49.0 Å². The van der Waals surface area contributed by atoms with Crippen LogP contribution in [-0.2, 0) is 4.79 Å². The molecule has 0 radical (unpaired) electrons. The van der Waals surface area contributed by atoms with Gasteiger partial charge in [0.1, 0.15) is 23.7 Å². The van der Waals surface area contributed by atoms with Gasteiger partial charge in [-0.05, 0) is 54.5 Å². The molecule has 1 aliphatic rings. The molecule has 5 rings (SSSR count). The van der Waals surface area contributed by atoms with E-state index in [1.165, 1.54) is 0 Å². The van der Waals surface area contributed by atoms with Crippen molar-refractivity contribution in [2.75, 3.05) is 11.9 Å². The molecule has 1 N–H and O–H groups in total. The van der Waals surface area contributed by atoms with Crippen LogP contribution >= 0.6 is 0 Å². The Bertz CT molecular complexity index is 1420. The smallest absolute Gasteiger partial charge is 0.344 e. The fourth-order valence-electron chi connectivity index (χ4n) is 4.14. The fraction of sp³-hybridized carbons (Fsp3) is 0.143. The summed E-state index contributed by atoms with van der Waals surface area (Å²) in [5, 5.41) is 3.55. The molecule has 2 atom stereocenters. The highest BCUT2D eigenvalue weighted by atomic mass is 16.5. The van der Waals surface area contributed by atoms with Crippen molar-refractivity contribution in [3.8, 4) is 11.5 Å². The van der Waals surface area contributed by atoms with Crippen LogP contribution in [0.5, 0.6) is 11.5 Å². The number of rotatable bonds is 6. The van der Waals surface area contributed by atoms with Gasteiger partial charge < -0.3 is 19.2 Å². The van der Waals surface area contributed by atoms with Gasteiger partial charge in [0.25, 0.3) is 5.91 Å². The van der Waals surface area contributed by atoms with Crippen molar-refractivity contribution in [2.24, 2.45) is 0 Å². The Hall–Kier alpha value is -4.32. The summed E-state index contributed by atoms with van der Waals surface area (Å²) in [4.78, 5) is 26.4. The van der Waals surface area contributed by atoms with E-state index in [-0.39, 0.29) is 5.91 Å². The number of fused-ring (bicyclic) bond motifs is 3. The molecule has 0 unspecified atom stereocenters. The molecule has 0 saturated heterocycles. The molecule has 34 heavy (non-hydrogen) atoms. The van der Waals surface area contributed by atoms with E-state index in [1.54, 1.807) is 24.3 Å². The number of carbonyl (C=O) groups is 1. The van der Waals surface area contributed by atoms with Gasteiger partial charge in [0.15, 0.2) is 6.10 Å². The minimum Gasteiger partial charge on any atom is -0.489 e. The lowest BCUT2D eigenvalue weighted by Crippen LogP contribution is -2.35. The molecule has 0 saturated carbocycles. The Morgan fingerprint density at radius 3 is 2.44 bits per heavy atom. The first-order valence-corrected chi connectivity index (χ1v) is 11.0. The van der Waals surface area contributed by atoms with Crippen LogP contribution in [0.1, 0.15) is 24.0 Å². The number of ether oxygens (including phenoxy) is 2. The summed E-state index contributed by atoms with van der Waals surface area (Å²) in [5.74, 6) is 0.0580. The van der Waals surface area contributed by atoms with E-state index in [0.717, 1.165) is 11.1 Å². The van der Waals surface area contributed by atoms with Gasteiger partial charge in [-0.25, -0.2) is 4.79 Å². The van der Waals surface area contributed by atoms with Gasteiger partial charge in [0, 0.05) is 5.69 Å². The molecular formula is C28H23NO5. The van der Waals surface area contributed by atoms with Gasteiger partial charge in [0.2, 0.25) is 0 Å². The maximum atomic E-state index is 13.4. The van der Waals surface area contributed by atoms with Gasteiger partial charge in [0.05, 0.1) is 16.9 Å². The summed E-state index contributed by atoms with van der Waals surface area (Å²) in [6.07, 6.45) is -0.953. The number of hydrogen-bond acceptors (Lipinski definition) is 5. The summed E-state index contributed by atoms with van der Waals surface area (Å²) >= 11 is 0. The second kappa shape index (κ2) is 8.90. The fourth-order valence-corrected chi connectivity index (χ4v) is 4.14. The van der Waals surface area contributed by atoms with Crippen LogP contribution in [0.25, 0.3) is 11.0 Å². The van der Waals surface area contributed by atoms with Crippen LogP contribution in [0, 0.1) is 0 Å². The van der Waals surface area contributed by atoms with E-state index >= 15 is 0 Å². The first-order chi connectivity index (χ1) is 16.5. The van der Waals surface area contributed by atoms with Crippen molar-refractivity contribution in [1.29, 1.82) is 0 Å². The van der Waals surface area contributed by atoms with Crippen molar-refractivity contribution >= 4 is 22.6 Å². The summed E-state index contributed by atoms with van der Waals surface area (Å²) < 4.78 is 17.5. The quantitative estimate of drug-likeness (QED) is 0.318. The van der Waals surface area contributed by atoms with E-state index in [4.69, 9.17) is 13.9 Å². The maximum Gasteiger partial charge on any atom is 0.344 e. The lowest BCUT2D eigenvalue weighted by Gasteiger charge is -2.19. The topological polar surface area (TPSA) is 77.8 Å². The first kappa shape index (κ1) is 21.5. The van der Waals surface area contributed by atoms with Crippen LogP contribution < -0.4 is 20.4 Å². The van der Waals surface area contributed by atoms with Crippen molar-refractivity contribution in [3.63, 3.8) is 0 Å². The number of anilines is 1. The van der Waals surface area contributed by atoms with Crippen molar-refractivity contribution in [1.82, 2.24) is 0 Å². The Morgan fingerprint density at radius 1 is 1.00 bits per heavy atom. The molecule has 2 heterocycles. The standard InChI is InChI=1S/C28H23NO5/c1-17(2)16-32-20-14-12-18(13-15-20)23-24-25(21-10-6-7-11-22(21)33-28(24)31)34-26(23)27(30)29-19-8-4-3-5-9-19/h3-15,23,26H,1,16H2,2H3,(H,29,30)/t23-,26+/m1/s1. The highest BCUT2D eigenvalue weighted by Gasteiger charge is 2.44. The molecule has 1 aliphatic heterocycles. The second-order valence-corrected chi connectivity index (χ2v) is 8.31. The van der Waals surface area contributed by atoms with Gasteiger partial charge in [-0.3, -0.25) is 4.79 Å². The molecule has 0 spiro atoms. The molecule has 6 nitrogen and oxygen atoms in total. The van der Waals surface area contributed by atoms with E-state index in [0.29, 0.717) is 40.3 Å². The van der Waals surface area contributed by atoms with E-state index in [2.05, 4.69) is 11.9 Å². The summed E-state index contributed by atoms with van der Waals surface area (Å²) in [6, 6.07) is 23.6. The van der Waals surface area contributed by atoms with Crippen LogP contribution in [0.4, 0.5) is 5.69 Å². The number of nitrogens with one attached hydrogen (secondary N) is 1. The van der Waals surface area contributed by atoms with E-state index < -0.39 is 17.6 Å². The summed E-state index contributed by atoms with van der Waals surface area (Å²) in [6.45, 7) is 6.14. The lowest BCUT2D eigenvalue weighted by molar-refractivity contribution is -0.122. The third-order valence-corrected chi connectivity index (χ3v) is 5.68. The van der Waals surface area contributed by atoms with E-state index in [9.17, 15) is 9.59 Å². The minimum absolute atomic E-state index is 0.336. The Morgan fingerprint density at radius 2 is 1.71 bits per heavy atom. The molecule has 6 heteroatoms. The van der Waals surface area contributed by atoms with Gasteiger partial charge in [-0.15, -0.1) is 0 Å². The Labute approximate surface area is 196 Å². The molecule has 0 bridgehead atoms. The number of hydrogen-bond donors (Lipinski definition) is 1. The van der Waals surface area contributed by atoms with Crippen molar-refractivity contribution in [3.05, 3.63) is 113 Å². The van der Waals surface area contributed by atoms with Gasteiger partial charge in [-0.2, -0.15) is 0 Å². The number of para-hydroxylation sites is 2. The zero-order valence-electron chi connectivity index (χ0n) is 18.6. The number of carbonyl (C=O) groups excluding carboxylic acids is 1. The Balaban J connectivity index is 1.57. The number of amides is 1. The Kier molecular flexibility index (Phi) is 5.64. The maximum absolute atomic E-state index is 13.4. The van der Waals surface area contributed by atoms with Crippen LogP contribution in [-0.4, -0.2) is 18.6 Å². The zero-order valence-corrected chi connectivity index (χ0v) is 18.6. The van der Waals surface area contributed by atoms with Crippen LogP contribution in [0.2, 0.25) is 0 Å². The highest BCUT2D eigenvalue weighted by Crippen LogP contribution is 2.44. The molecular weight excluding hydrogens is 430 g/mol. The van der Waals surface area contributed by atoms with Crippen molar-refractivity contribution < 1.29 is 18.7 Å². The molecule has 1 aromatic heterocycles.